The molecule has 0 radical (unpaired) electrons. The van der Waals surface area contributed by atoms with Crippen LogP contribution in [0.15, 0.2) is 36.4 Å². The quantitative estimate of drug-likeness (QED) is 0.438. The zero-order valence-electron chi connectivity index (χ0n) is 12.5. The summed E-state index contributed by atoms with van der Waals surface area (Å²) in [4.78, 5) is 3.15. The molecule has 3 rings (SSSR count). The Morgan fingerprint density at radius 2 is 1.78 bits per heavy atom. The summed E-state index contributed by atoms with van der Waals surface area (Å²) in [5.41, 5.74) is 8.72. The fraction of sp³-hybridized carbons (Fsp3) is 0.222. The van der Waals surface area contributed by atoms with Crippen LogP contribution in [0.4, 0.5) is 8.78 Å². The minimum Gasteiger partial charge on any atom is -0.352 e. The van der Waals surface area contributed by atoms with Gasteiger partial charge in [0.25, 0.3) is 0 Å². The fourth-order valence-corrected chi connectivity index (χ4v) is 3.20. The second kappa shape index (κ2) is 6.97. The Balaban J connectivity index is 2.16. The maximum Gasteiger partial charge on any atom is 0.150 e. The number of hydrogen-bond donors (Lipinski definition) is 2. The third kappa shape index (κ3) is 3.40. The van der Waals surface area contributed by atoms with Crippen molar-refractivity contribution < 1.29 is 8.78 Å². The molecular weight excluding hydrogens is 409 g/mol. The molecule has 2 aromatic carbocycles. The van der Waals surface area contributed by atoms with Gasteiger partial charge in [0.15, 0.2) is 0 Å². The second-order valence-electron chi connectivity index (χ2n) is 5.54. The number of aromatic nitrogens is 1. The number of hydrogen-bond acceptors (Lipinski definition) is 1. The van der Waals surface area contributed by atoms with E-state index in [4.69, 9.17) is 5.73 Å². The van der Waals surface area contributed by atoms with Gasteiger partial charge in [-0.1, -0.05) is 12.1 Å². The third-order valence-electron chi connectivity index (χ3n) is 3.95. The van der Waals surface area contributed by atoms with Crippen LogP contribution in [0, 0.1) is 15.2 Å². The predicted molar refractivity (Wildman–Crippen MR) is 98.4 cm³/mol. The predicted octanol–water partition coefficient (Wildman–Crippen LogP) is 5.00. The SMILES string of the molecule is NCCCCc1c(-c2ccc(I)cc2)[nH]c2c(F)cc(F)cc12. The number of nitrogens with two attached hydrogens (primary N) is 1. The zero-order valence-corrected chi connectivity index (χ0v) is 14.7. The van der Waals surface area contributed by atoms with Gasteiger partial charge in [-0.15, -0.1) is 0 Å². The molecule has 0 aliphatic heterocycles. The molecule has 0 saturated carbocycles. The first-order valence-electron chi connectivity index (χ1n) is 7.55. The molecule has 0 spiro atoms. The Labute approximate surface area is 147 Å². The van der Waals surface area contributed by atoms with Gasteiger partial charge >= 0.3 is 0 Å². The van der Waals surface area contributed by atoms with Crippen LogP contribution in [0.5, 0.6) is 0 Å². The van der Waals surface area contributed by atoms with Gasteiger partial charge in [-0.05, 0) is 77.7 Å². The van der Waals surface area contributed by atoms with Gasteiger partial charge in [-0.3, -0.25) is 0 Å². The first-order chi connectivity index (χ1) is 11.1. The van der Waals surface area contributed by atoms with E-state index >= 15 is 0 Å². The van der Waals surface area contributed by atoms with E-state index in [0.29, 0.717) is 17.4 Å². The lowest BCUT2D eigenvalue weighted by Gasteiger charge is -2.05. The Kier molecular flexibility index (Phi) is 4.96. The second-order valence-corrected chi connectivity index (χ2v) is 6.79. The van der Waals surface area contributed by atoms with Crippen LogP contribution in [0.3, 0.4) is 0 Å². The lowest BCUT2D eigenvalue weighted by Crippen LogP contribution is -1.99. The molecule has 120 valence electrons. The summed E-state index contributed by atoms with van der Waals surface area (Å²) in [6.45, 7) is 0.615. The van der Waals surface area contributed by atoms with Crippen molar-refractivity contribution in [2.24, 2.45) is 5.73 Å². The summed E-state index contributed by atoms with van der Waals surface area (Å²) in [7, 11) is 0. The van der Waals surface area contributed by atoms with Crippen molar-refractivity contribution in [2.45, 2.75) is 19.3 Å². The van der Waals surface area contributed by atoms with Gasteiger partial charge in [0.2, 0.25) is 0 Å². The monoisotopic (exact) mass is 426 g/mol. The molecule has 0 atom stereocenters. The standard InChI is InChI=1S/C18H17F2IN2/c19-12-9-15-14(3-1-2-8-22)17(23-18(15)16(20)10-12)11-4-6-13(21)7-5-11/h4-7,9-10,23H,1-3,8,22H2. The highest BCUT2D eigenvalue weighted by molar-refractivity contribution is 14.1. The molecule has 0 fully saturated rings. The summed E-state index contributed by atoms with van der Waals surface area (Å²) in [5.74, 6) is -1.11. The van der Waals surface area contributed by atoms with Crippen molar-refractivity contribution >= 4 is 33.5 Å². The summed E-state index contributed by atoms with van der Waals surface area (Å²) in [5, 5.41) is 0.619. The van der Waals surface area contributed by atoms with E-state index in [1.165, 1.54) is 6.07 Å². The molecule has 1 heterocycles. The summed E-state index contributed by atoms with van der Waals surface area (Å²) < 4.78 is 28.9. The Hall–Kier alpha value is -1.47. The van der Waals surface area contributed by atoms with Crippen molar-refractivity contribution in [2.75, 3.05) is 6.54 Å². The van der Waals surface area contributed by atoms with Gasteiger partial charge in [0.05, 0.1) is 5.52 Å². The van der Waals surface area contributed by atoms with E-state index in [0.717, 1.165) is 45.7 Å². The van der Waals surface area contributed by atoms with Crippen molar-refractivity contribution in [3.63, 3.8) is 0 Å². The molecule has 2 nitrogen and oxygen atoms in total. The summed E-state index contributed by atoms with van der Waals surface area (Å²) in [6, 6.07) is 10.3. The van der Waals surface area contributed by atoms with Crippen LogP contribution in [-0.4, -0.2) is 11.5 Å². The number of aryl methyl sites for hydroxylation is 1. The minimum atomic E-state index is -0.558. The van der Waals surface area contributed by atoms with E-state index in [1.54, 1.807) is 0 Å². The Morgan fingerprint density at radius 3 is 2.48 bits per heavy atom. The number of unbranched alkanes of at least 4 members (excludes halogenated alkanes) is 1. The van der Waals surface area contributed by atoms with Gasteiger partial charge in [-0.2, -0.15) is 0 Å². The Morgan fingerprint density at radius 1 is 1.04 bits per heavy atom. The van der Waals surface area contributed by atoms with Crippen molar-refractivity contribution in [3.05, 3.63) is 57.2 Å². The van der Waals surface area contributed by atoms with E-state index in [-0.39, 0.29) is 0 Å². The van der Waals surface area contributed by atoms with Crippen LogP contribution >= 0.6 is 22.6 Å². The smallest absolute Gasteiger partial charge is 0.150 e. The highest BCUT2D eigenvalue weighted by Crippen LogP contribution is 2.33. The first-order valence-corrected chi connectivity index (χ1v) is 8.63. The van der Waals surface area contributed by atoms with Crippen LogP contribution < -0.4 is 5.73 Å². The van der Waals surface area contributed by atoms with Crippen molar-refractivity contribution in [3.8, 4) is 11.3 Å². The molecule has 0 bridgehead atoms. The lowest BCUT2D eigenvalue weighted by atomic mass is 10.0. The van der Waals surface area contributed by atoms with Gasteiger partial charge in [-0.25, -0.2) is 8.78 Å². The average molecular weight is 426 g/mol. The molecule has 0 aliphatic carbocycles. The van der Waals surface area contributed by atoms with E-state index in [2.05, 4.69) is 27.6 Å². The van der Waals surface area contributed by atoms with E-state index in [1.807, 2.05) is 24.3 Å². The molecule has 0 amide bonds. The zero-order chi connectivity index (χ0) is 16.4. The minimum absolute atomic E-state index is 0.364. The van der Waals surface area contributed by atoms with Gasteiger partial charge < -0.3 is 10.7 Å². The molecule has 23 heavy (non-hydrogen) atoms. The highest BCUT2D eigenvalue weighted by atomic mass is 127. The molecule has 0 aliphatic rings. The number of fused-ring (bicyclic) bond motifs is 1. The average Bonchev–Trinajstić information content (AvgIpc) is 2.87. The summed E-state index contributed by atoms with van der Waals surface area (Å²) in [6.07, 6.45) is 2.51. The normalized spacial score (nSPS) is 11.3. The van der Waals surface area contributed by atoms with E-state index in [9.17, 15) is 8.78 Å². The molecule has 0 saturated heterocycles. The lowest BCUT2D eigenvalue weighted by molar-refractivity contribution is 0.591. The first kappa shape index (κ1) is 16.4. The fourth-order valence-electron chi connectivity index (χ4n) is 2.84. The van der Waals surface area contributed by atoms with Gasteiger partial charge in [0.1, 0.15) is 11.6 Å². The number of H-pyrrole nitrogens is 1. The largest absolute Gasteiger partial charge is 0.352 e. The van der Waals surface area contributed by atoms with Crippen LogP contribution in [0.25, 0.3) is 22.2 Å². The maximum absolute atomic E-state index is 14.1. The number of halogens is 3. The van der Waals surface area contributed by atoms with E-state index < -0.39 is 11.6 Å². The maximum atomic E-state index is 14.1. The van der Waals surface area contributed by atoms with Gasteiger partial charge in [0, 0.05) is 20.7 Å². The van der Waals surface area contributed by atoms with Crippen molar-refractivity contribution in [1.29, 1.82) is 0 Å². The topological polar surface area (TPSA) is 41.8 Å². The molecule has 0 unspecified atom stereocenters. The number of nitrogens with one attached hydrogen (secondary N) is 1. The van der Waals surface area contributed by atoms with Crippen LogP contribution in [0.1, 0.15) is 18.4 Å². The number of rotatable bonds is 5. The molecule has 3 N–H and O–H groups in total. The third-order valence-corrected chi connectivity index (χ3v) is 4.66. The Bertz CT molecular complexity index is 825. The number of benzene rings is 2. The highest BCUT2D eigenvalue weighted by Gasteiger charge is 2.16. The van der Waals surface area contributed by atoms with Crippen LogP contribution in [-0.2, 0) is 6.42 Å². The molecule has 5 heteroatoms. The van der Waals surface area contributed by atoms with Crippen LogP contribution in [0.2, 0.25) is 0 Å². The van der Waals surface area contributed by atoms with Crippen molar-refractivity contribution in [1.82, 2.24) is 4.98 Å². The molecule has 1 aromatic heterocycles. The molecular formula is C18H17F2IN2. The molecule has 3 aromatic rings. The summed E-state index contributed by atoms with van der Waals surface area (Å²) >= 11 is 2.24. The number of aromatic amines is 1.